The zero-order valence-electron chi connectivity index (χ0n) is 22.4. The van der Waals surface area contributed by atoms with E-state index >= 15 is 0 Å². The van der Waals surface area contributed by atoms with E-state index in [4.69, 9.17) is 14.8 Å². The van der Waals surface area contributed by atoms with E-state index in [0.29, 0.717) is 19.0 Å². The van der Waals surface area contributed by atoms with Gasteiger partial charge in [0.15, 0.2) is 12.3 Å². The number of aryl methyl sites for hydroxylation is 4. The first-order chi connectivity index (χ1) is 17.8. The number of piperazine rings is 1. The minimum Gasteiger partial charge on any atom is -0.467 e. The lowest BCUT2D eigenvalue weighted by Gasteiger charge is -2.41. The number of carbonyl (C=O) groups excluding carboxylic acids is 1. The first-order valence-corrected chi connectivity index (χ1v) is 13.0. The molecular formula is C30H35N5O2. The minimum absolute atomic E-state index is 0.0149. The zero-order chi connectivity index (χ0) is 26.1. The van der Waals surface area contributed by atoms with E-state index in [2.05, 4.69) is 69.0 Å². The van der Waals surface area contributed by atoms with Crippen molar-refractivity contribution in [2.75, 3.05) is 31.1 Å². The SMILES string of the molecule is CCc1cc(OCC(=O)N2CCN(c3cccc(C)c3)[C@H](C)C2)nc2c1c(C)nn2-c1ccc(C)cc1. The molecule has 1 amide bonds. The smallest absolute Gasteiger partial charge is 0.260 e. The van der Waals surface area contributed by atoms with Crippen molar-refractivity contribution in [2.45, 2.75) is 47.1 Å². The van der Waals surface area contributed by atoms with Crippen LogP contribution in [0.5, 0.6) is 5.88 Å². The second kappa shape index (κ2) is 10.2. The Morgan fingerprint density at radius 3 is 2.49 bits per heavy atom. The number of pyridine rings is 1. The topological polar surface area (TPSA) is 63.5 Å². The van der Waals surface area contributed by atoms with Gasteiger partial charge in [-0.1, -0.05) is 36.8 Å². The van der Waals surface area contributed by atoms with Crippen molar-refractivity contribution in [3.8, 4) is 11.6 Å². The highest BCUT2D eigenvalue weighted by molar-refractivity contribution is 5.84. The average molecular weight is 498 g/mol. The van der Waals surface area contributed by atoms with Gasteiger partial charge in [0, 0.05) is 42.8 Å². The fraction of sp³-hybridized carbons (Fsp3) is 0.367. The molecule has 3 heterocycles. The Balaban J connectivity index is 1.31. The van der Waals surface area contributed by atoms with E-state index in [1.165, 1.54) is 16.8 Å². The normalized spacial score (nSPS) is 15.9. The lowest BCUT2D eigenvalue weighted by Crippen LogP contribution is -2.54. The van der Waals surface area contributed by atoms with Crippen LogP contribution in [0.3, 0.4) is 0 Å². The number of rotatable bonds is 6. The van der Waals surface area contributed by atoms with E-state index in [1.807, 2.05) is 34.7 Å². The summed E-state index contributed by atoms with van der Waals surface area (Å²) in [4.78, 5) is 22.2. The van der Waals surface area contributed by atoms with Crippen LogP contribution in [0.1, 0.15) is 36.2 Å². The first kappa shape index (κ1) is 24.8. The molecule has 0 saturated carbocycles. The van der Waals surface area contributed by atoms with Crippen LogP contribution in [0.15, 0.2) is 54.6 Å². The van der Waals surface area contributed by atoms with Gasteiger partial charge in [0.05, 0.1) is 11.4 Å². The number of carbonyl (C=O) groups is 1. The van der Waals surface area contributed by atoms with Crippen LogP contribution in [0, 0.1) is 20.8 Å². The number of anilines is 1. The van der Waals surface area contributed by atoms with Gasteiger partial charge in [-0.3, -0.25) is 4.79 Å². The number of aromatic nitrogens is 3. The molecule has 0 bridgehead atoms. The molecule has 37 heavy (non-hydrogen) atoms. The molecule has 5 rings (SSSR count). The van der Waals surface area contributed by atoms with Crippen LogP contribution in [0.2, 0.25) is 0 Å². The van der Waals surface area contributed by atoms with E-state index < -0.39 is 0 Å². The zero-order valence-corrected chi connectivity index (χ0v) is 22.4. The summed E-state index contributed by atoms with van der Waals surface area (Å²) in [5.41, 5.74) is 7.39. The van der Waals surface area contributed by atoms with Gasteiger partial charge in [0.1, 0.15) is 0 Å². The molecule has 0 aliphatic carbocycles. The third-order valence-corrected chi connectivity index (χ3v) is 7.19. The largest absolute Gasteiger partial charge is 0.467 e. The lowest BCUT2D eigenvalue weighted by molar-refractivity contribution is -0.134. The summed E-state index contributed by atoms with van der Waals surface area (Å²) in [6.45, 7) is 12.6. The predicted octanol–water partition coefficient (Wildman–Crippen LogP) is 5.02. The highest BCUT2D eigenvalue weighted by atomic mass is 16.5. The summed E-state index contributed by atoms with van der Waals surface area (Å²) in [5.74, 6) is 0.441. The molecule has 1 aliphatic heterocycles. The van der Waals surface area contributed by atoms with E-state index in [9.17, 15) is 4.79 Å². The van der Waals surface area contributed by atoms with Crippen molar-refractivity contribution in [1.82, 2.24) is 19.7 Å². The van der Waals surface area contributed by atoms with Gasteiger partial charge < -0.3 is 14.5 Å². The standard InChI is InChI=1S/C30H35N5O2/c1-6-24-17-27(31-30-29(24)23(5)32-35(30)25-12-10-20(2)11-13-25)37-19-28(36)33-14-15-34(22(4)18-33)26-9-7-8-21(3)16-26/h7-13,16-17,22H,6,14-15,18-19H2,1-5H3/t22-/m1/s1. The highest BCUT2D eigenvalue weighted by Crippen LogP contribution is 2.28. The molecule has 1 atom stereocenters. The second-order valence-corrected chi connectivity index (χ2v) is 10.0. The third-order valence-electron chi connectivity index (χ3n) is 7.19. The Bertz CT molecular complexity index is 1430. The molecule has 4 aromatic rings. The Hall–Kier alpha value is -3.87. The van der Waals surface area contributed by atoms with Gasteiger partial charge in [-0.15, -0.1) is 0 Å². The van der Waals surface area contributed by atoms with Crippen LogP contribution in [0.4, 0.5) is 5.69 Å². The maximum Gasteiger partial charge on any atom is 0.260 e. The molecule has 7 nitrogen and oxygen atoms in total. The summed E-state index contributed by atoms with van der Waals surface area (Å²) >= 11 is 0. The minimum atomic E-state index is -0.0313. The van der Waals surface area contributed by atoms with Crippen LogP contribution >= 0.6 is 0 Å². The van der Waals surface area contributed by atoms with Crippen LogP contribution in [0.25, 0.3) is 16.7 Å². The molecule has 1 saturated heterocycles. The molecule has 2 aromatic carbocycles. The number of benzene rings is 2. The molecule has 0 spiro atoms. The molecule has 1 aliphatic rings. The molecule has 0 radical (unpaired) electrons. The Kier molecular flexibility index (Phi) is 6.87. The average Bonchev–Trinajstić information content (AvgIpc) is 3.23. The van der Waals surface area contributed by atoms with Crippen molar-refractivity contribution >= 4 is 22.6 Å². The molecule has 192 valence electrons. The Morgan fingerprint density at radius 1 is 1.00 bits per heavy atom. The third kappa shape index (κ3) is 5.03. The lowest BCUT2D eigenvalue weighted by atomic mass is 10.1. The first-order valence-electron chi connectivity index (χ1n) is 13.0. The van der Waals surface area contributed by atoms with Crippen molar-refractivity contribution in [1.29, 1.82) is 0 Å². The molecule has 2 aromatic heterocycles. The maximum atomic E-state index is 13.1. The Morgan fingerprint density at radius 2 is 1.78 bits per heavy atom. The van der Waals surface area contributed by atoms with Crippen molar-refractivity contribution in [2.24, 2.45) is 0 Å². The summed E-state index contributed by atoms with van der Waals surface area (Å²) in [6.07, 6.45) is 0.822. The number of amides is 1. The fourth-order valence-electron chi connectivity index (χ4n) is 5.17. The molecule has 7 heteroatoms. The van der Waals surface area contributed by atoms with Crippen LogP contribution in [-0.4, -0.2) is 57.9 Å². The van der Waals surface area contributed by atoms with Crippen LogP contribution in [-0.2, 0) is 11.2 Å². The van der Waals surface area contributed by atoms with Gasteiger partial charge in [0.2, 0.25) is 5.88 Å². The molecule has 0 N–H and O–H groups in total. The van der Waals surface area contributed by atoms with Gasteiger partial charge in [-0.25, -0.2) is 4.68 Å². The number of ether oxygens (including phenoxy) is 1. The van der Waals surface area contributed by atoms with Crippen molar-refractivity contribution in [3.05, 3.63) is 77.0 Å². The molecular weight excluding hydrogens is 462 g/mol. The number of fused-ring (bicyclic) bond motifs is 1. The maximum absolute atomic E-state index is 13.1. The highest BCUT2D eigenvalue weighted by Gasteiger charge is 2.27. The monoisotopic (exact) mass is 497 g/mol. The quantitative estimate of drug-likeness (QED) is 0.374. The Labute approximate surface area is 218 Å². The fourth-order valence-corrected chi connectivity index (χ4v) is 5.17. The van der Waals surface area contributed by atoms with Gasteiger partial charge >= 0.3 is 0 Å². The summed E-state index contributed by atoms with van der Waals surface area (Å²) in [5, 5.41) is 5.82. The van der Waals surface area contributed by atoms with E-state index in [1.54, 1.807) is 0 Å². The number of hydrogen-bond donors (Lipinski definition) is 0. The summed E-state index contributed by atoms with van der Waals surface area (Å²) < 4.78 is 7.86. The van der Waals surface area contributed by atoms with Gasteiger partial charge in [-0.2, -0.15) is 10.1 Å². The summed E-state index contributed by atoms with van der Waals surface area (Å²) in [6, 6.07) is 18.9. The predicted molar refractivity (Wildman–Crippen MR) is 148 cm³/mol. The second-order valence-electron chi connectivity index (χ2n) is 10.0. The van der Waals surface area contributed by atoms with E-state index in [0.717, 1.165) is 40.9 Å². The number of hydrogen-bond acceptors (Lipinski definition) is 5. The summed E-state index contributed by atoms with van der Waals surface area (Å²) in [7, 11) is 0. The molecule has 1 fully saturated rings. The van der Waals surface area contributed by atoms with Crippen LogP contribution < -0.4 is 9.64 Å². The van der Waals surface area contributed by atoms with Crippen molar-refractivity contribution < 1.29 is 9.53 Å². The van der Waals surface area contributed by atoms with Crippen molar-refractivity contribution in [3.63, 3.8) is 0 Å². The van der Waals surface area contributed by atoms with Gasteiger partial charge in [0.25, 0.3) is 5.91 Å². The molecule has 0 unspecified atom stereocenters. The number of nitrogens with zero attached hydrogens (tertiary/aromatic N) is 5. The van der Waals surface area contributed by atoms with E-state index in [-0.39, 0.29) is 18.6 Å². The van der Waals surface area contributed by atoms with Gasteiger partial charge in [-0.05, 0) is 69.5 Å².